The fourth-order valence-electron chi connectivity index (χ4n) is 4.01. The molecule has 1 aromatic rings. The van der Waals surface area contributed by atoms with Crippen LogP contribution >= 0.6 is 0 Å². The van der Waals surface area contributed by atoms with Crippen LogP contribution in [0.3, 0.4) is 0 Å². The van der Waals surface area contributed by atoms with Gasteiger partial charge in [-0.2, -0.15) is 5.26 Å². The molecule has 4 amide bonds. The number of rotatable bonds is 20. The summed E-state index contributed by atoms with van der Waals surface area (Å²) in [6, 6.07) is 2.07. The molecular weight excluding hydrogens is 586 g/mol. The summed E-state index contributed by atoms with van der Waals surface area (Å²) in [5.41, 5.74) is 0.477. The van der Waals surface area contributed by atoms with E-state index in [1.54, 1.807) is 13.2 Å². The number of ether oxygens (including phenoxy) is 4. The van der Waals surface area contributed by atoms with Crippen LogP contribution in [-0.2, 0) is 39.9 Å². The van der Waals surface area contributed by atoms with Crippen LogP contribution in [0.25, 0.3) is 0 Å². The Labute approximate surface area is 254 Å². The van der Waals surface area contributed by atoms with Gasteiger partial charge in [0.05, 0.1) is 71.1 Å². The summed E-state index contributed by atoms with van der Waals surface area (Å²) in [6.07, 6.45) is 0.497. The molecule has 2 atom stereocenters. The van der Waals surface area contributed by atoms with E-state index >= 15 is 0 Å². The highest BCUT2D eigenvalue weighted by Crippen LogP contribution is 2.32. The average molecular weight is 627 g/mol. The second kappa shape index (κ2) is 19.5. The fourth-order valence-corrected chi connectivity index (χ4v) is 4.01. The first-order valence-electron chi connectivity index (χ1n) is 14.2. The van der Waals surface area contributed by atoms with E-state index in [0.29, 0.717) is 51.9 Å². The molecule has 0 spiro atoms. The molecule has 2 heterocycles. The Bertz CT molecular complexity index is 1140. The molecule has 1 saturated heterocycles. The Balaban J connectivity index is 1.61. The molecule has 0 aromatic carbocycles. The zero-order valence-electron chi connectivity index (χ0n) is 24.9. The van der Waals surface area contributed by atoms with E-state index in [4.69, 9.17) is 24.2 Å². The van der Waals surface area contributed by atoms with Gasteiger partial charge in [0, 0.05) is 44.7 Å². The van der Waals surface area contributed by atoms with Crippen molar-refractivity contribution in [3.8, 4) is 6.07 Å². The average Bonchev–Trinajstić information content (AvgIpc) is 3.33. The quantitative estimate of drug-likeness (QED) is 0.169. The summed E-state index contributed by atoms with van der Waals surface area (Å²) >= 11 is 0. The maximum atomic E-state index is 13.7. The lowest BCUT2D eigenvalue weighted by atomic mass is 10.1. The molecule has 14 nitrogen and oxygen atoms in total. The second-order valence-corrected chi connectivity index (χ2v) is 9.86. The zero-order valence-corrected chi connectivity index (χ0v) is 24.9. The van der Waals surface area contributed by atoms with Crippen LogP contribution in [0, 0.1) is 11.3 Å². The number of hydrogen-bond donors (Lipinski definition) is 3. The molecular formula is C28H40F2N6O8. The van der Waals surface area contributed by atoms with Gasteiger partial charge in [0.1, 0.15) is 12.1 Å². The minimum absolute atomic E-state index is 0.0159. The molecule has 244 valence electrons. The van der Waals surface area contributed by atoms with Crippen molar-refractivity contribution in [2.24, 2.45) is 0 Å². The van der Waals surface area contributed by atoms with Crippen LogP contribution < -0.4 is 16.0 Å². The lowest BCUT2D eigenvalue weighted by Gasteiger charge is -2.23. The Kier molecular flexibility index (Phi) is 16.1. The van der Waals surface area contributed by atoms with Gasteiger partial charge in [-0.1, -0.05) is 0 Å². The third-order valence-electron chi connectivity index (χ3n) is 6.29. The molecule has 3 N–H and O–H groups in total. The summed E-state index contributed by atoms with van der Waals surface area (Å²) < 4.78 is 48.2. The van der Waals surface area contributed by atoms with Crippen LogP contribution in [0.5, 0.6) is 0 Å². The normalized spacial score (nSPS) is 16.2. The smallest absolute Gasteiger partial charge is 0.268 e. The minimum Gasteiger partial charge on any atom is -0.382 e. The number of carbonyl (C=O) groups is 4. The summed E-state index contributed by atoms with van der Waals surface area (Å²) in [5.74, 6) is -5.32. The molecule has 2 rings (SSSR count). The van der Waals surface area contributed by atoms with E-state index in [1.165, 1.54) is 25.3 Å². The largest absolute Gasteiger partial charge is 0.382 e. The van der Waals surface area contributed by atoms with Gasteiger partial charge in [-0.15, -0.1) is 0 Å². The molecule has 0 unspecified atom stereocenters. The standard InChI is InChI=1S/C28H40F2N6O8/c1-20(27(40)36-19-28(29,30)16-23(36)17-31)35-26(39)21-5-6-32-22(15-21)18-34-25(38)4-3-24(37)33-7-8-42-11-12-44-14-13-43-10-9-41-2/h5-6,15,20,23H,3-4,7-14,16,18-19H2,1-2H3,(H,33,37)(H,34,38)(H,35,39)/t20-,23+/m1/s1. The van der Waals surface area contributed by atoms with Crippen molar-refractivity contribution >= 4 is 23.6 Å². The van der Waals surface area contributed by atoms with E-state index in [-0.39, 0.29) is 37.4 Å². The SMILES string of the molecule is COCCOCCOCCOCCNC(=O)CCC(=O)NCc1cc(C(=O)N[C@H](C)C(=O)N2CC(F)(F)C[C@H]2C#N)ccn1. The second-order valence-electron chi connectivity index (χ2n) is 9.86. The van der Waals surface area contributed by atoms with Crippen LogP contribution in [-0.4, -0.2) is 118 Å². The number of aromatic nitrogens is 1. The molecule has 16 heteroatoms. The number of likely N-dealkylation sites (tertiary alicyclic amines) is 1. The molecule has 0 radical (unpaired) electrons. The lowest BCUT2D eigenvalue weighted by molar-refractivity contribution is -0.134. The highest BCUT2D eigenvalue weighted by molar-refractivity contribution is 5.97. The van der Waals surface area contributed by atoms with E-state index in [0.717, 1.165) is 4.90 Å². The van der Waals surface area contributed by atoms with Crippen molar-refractivity contribution in [3.63, 3.8) is 0 Å². The number of carbonyl (C=O) groups excluding carboxylic acids is 4. The van der Waals surface area contributed by atoms with Gasteiger partial charge in [-0.05, 0) is 19.1 Å². The Hall–Kier alpha value is -3.78. The monoisotopic (exact) mass is 626 g/mol. The number of hydrogen-bond acceptors (Lipinski definition) is 10. The van der Waals surface area contributed by atoms with E-state index in [2.05, 4.69) is 20.9 Å². The van der Waals surface area contributed by atoms with E-state index < -0.39 is 48.7 Å². The topological polar surface area (TPSA) is 181 Å². The number of nitrogens with zero attached hydrogens (tertiary/aromatic N) is 3. The Morgan fingerprint density at radius 1 is 1.05 bits per heavy atom. The van der Waals surface area contributed by atoms with Crippen LogP contribution in [0.1, 0.15) is 42.2 Å². The summed E-state index contributed by atoms with van der Waals surface area (Å²) in [5, 5.41) is 16.8. The van der Waals surface area contributed by atoms with Crippen LogP contribution in [0.4, 0.5) is 8.78 Å². The lowest BCUT2D eigenvalue weighted by Crippen LogP contribution is -2.48. The van der Waals surface area contributed by atoms with E-state index in [1.807, 2.05) is 0 Å². The summed E-state index contributed by atoms with van der Waals surface area (Å²) in [6.45, 7) is 3.74. The molecule has 1 aliphatic rings. The molecule has 44 heavy (non-hydrogen) atoms. The fraction of sp³-hybridized carbons (Fsp3) is 0.643. The highest BCUT2D eigenvalue weighted by atomic mass is 19.3. The predicted octanol–water partition coefficient (Wildman–Crippen LogP) is 0.168. The van der Waals surface area contributed by atoms with Crippen molar-refractivity contribution in [2.45, 2.75) is 50.7 Å². The van der Waals surface area contributed by atoms with Gasteiger partial charge in [-0.25, -0.2) is 8.78 Å². The number of nitrogens with one attached hydrogen (secondary N) is 3. The Morgan fingerprint density at radius 2 is 1.66 bits per heavy atom. The maximum Gasteiger partial charge on any atom is 0.268 e. The van der Waals surface area contributed by atoms with Crippen molar-refractivity contribution in [3.05, 3.63) is 29.6 Å². The van der Waals surface area contributed by atoms with Crippen molar-refractivity contribution < 1.29 is 46.9 Å². The Morgan fingerprint density at radius 3 is 2.30 bits per heavy atom. The first-order valence-corrected chi connectivity index (χ1v) is 14.2. The van der Waals surface area contributed by atoms with Gasteiger partial charge in [0.15, 0.2) is 0 Å². The number of methoxy groups -OCH3 is 1. The molecule has 0 aliphatic carbocycles. The molecule has 1 aliphatic heterocycles. The van der Waals surface area contributed by atoms with Crippen molar-refractivity contribution in [2.75, 3.05) is 66.4 Å². The van der Waals surface area contributed by atoms with Gasteiger partial charge in [0.2, 0.25) is 17.7 Å². The van der Waals surface area contributed by atoms with E-state index in [9.17, 15) is 28.0 Å². The van der Waals surface area contributed by atoms with Crippen molar-refractivity contribution in [1.82, 2.24) is 25.8 Å². The number of nitriles is 1. The third kappa shape index (κ3) is 13.7. The molecule has 0 bridgehead atoms. The zero-order chi connectivity index (χ0) is 32.4. The first kappa shape index (κ1) is 36.4. The van der Waals surface area contributed by atoms with Gasteiger partial charge < -0.3 is 39.8 Å². The van der Waals surface area contributed by atoms with Crippen LogP contribution in [0.15, 0.2) is 18.3 Å². The number of pyridine rings is 1. The first-order chi connectivity index (χ1) is 21.1. The van der Waals surface area contributed by atoms with Crippen LogP contribution in [0.2, 0.25) is 0 Å². The highest BCUT2D eigenvalue weighted by Gasteiger charge is 2.48. The third-order valence-corrected chi connectivity index (χ3v) is 6.29. The molecule has 0 saturated carbocycles. The minimum atomic E-state index is -3.17. The maximum absolute atomic E-state index is 13.7. The number of halogens is 2. The van der Waals surface area contributed by atoms with Gasteiger partial charge in [-0.3, -0.25) is 24.2 Å². The predicted molar refractivity (Wildman–Crippen MR) is 150 cm³/mol. The molecule has 1 aromatic heterocycles. The van der Waals surface area contributed by atoms with Gasteiger partial charge in [0.25, 0.3) is 11.8 Å². The van der Waals surface area contributed by atoms with Gasteiger partial charge >= 0.3 is 0 Å². The summed E-state index contributed by atoms with van der Waals surface area (Å²) in [4.78, 5) is 54.3. The van der Waals surface area contributed by atoms with Crippen molar-refractivity contribution in [1.29, 1.82) is 5.26 Å². The number of alkyl halides is 2. The number of amides is 4. The molecule has 1 fully saturated rings. The summed E-state index contributed by atoms with van der Waals surface area (Å²) in [7, 11) is 1.60.